The van der Waals surface area contributed by atoms with Crippen molar-refractivity contribution in [3.05, 3.63) is 59.9 Å². The molecule has 0 saturated heterocycles. The van der Waals surface area contributed by atoms with E-state index in [2.05, 4.69) is 21.6 Å². The highest BCUT2D eigenvalue weighted by Crippen LogP contribution is 2.44. The van der Waals surface area contributed by atoms with E-state index in [4.69, 9.17) is 9.47 Å². The molecule has 10 heteroatoms. The summed E-state index contributed by atoms with van der Waals surface area (Å²) in [7, 11) is 1.63. The predicted molar refractivity (Wildman–Crippen MR) is 137 cm³/mol. The molecule has 2 bridgehead atoms. The molecule has 0 radical (unpaired) electrons. The van der Waals surface area contributed by atoms with Crippen molar-refractivity contribution in [3.8, 4) is 11.5 Å². The van der Waals surface area contributed by atoms with Crippen LogP contribution in [-0.4, -0.2) is 69.8 Å². The van der Waals surface area contributed by atoms with E-state index in [1.807, 2.05) is 46.2 Å². The minimum Gasteiger partial charge on any atom is -0.493 e. The summed E-state index contributed by atoms with van der Waals surface area (Å²) in [6.45, 7) is 3.42. The summed E-state index contributed by atoms with van der Waals surface area (Å²) < 4.78 is 13.1. The van der Waals surface area contributed by atoms with Crippen LogP contribution in [0.3, 0.4) is 0 Å². The predicted octanol–water partition coefficient (Wildman–Crippen LogP) is 2.83. The normalized spacial score (nSPS) is 19.8. The Kier molecular flexibility index (Phi) is 7.34. The Labute approximate surface area is 216 Å². The second kappa shape index (κ2) is 11.0. The number of fused-ring (bicyclic) bond motifs is 5. The third-order valence-corrected chi connectivity index (χ3v) is 7.24. The van der Waals surface area contributed by atoms with Gasteiger partial charge in [-0.05, 0) is 65.4 Å². The summed E-state index contributed by atoms with van der Waals surface area (Å²) in [5.74, 6) is 1.45. The van der Waals surface area contributed by atoms with Crippen molar-refractivity contribution >= 4 is 17.5 Å². The van der Waals surface area contributed by atoms with E-state index in [0.29, 0.717) is 37.6 Å². The lowest BCUT2D eigenvalue weighted by atomic mass is 9.87. The maximum Gasteiger partial charge on any atom is 0.244 e. The number of ether oxygens (including phenoxy) is 2. The van der Waals surface area contributed by atoms with E-state index in [1.165, 1.54) is 11.0 Å². The highest BCUT2D eigenvalue weighted by molar-refractivity contribution is 5.95. The van der Waals surface area contributed by atoms with Crippen LogP contribution in [0.2, 0.25) is 0 Å². The smallest absolute Gasteiger partial charge is 0.244 e. The maximum absolute atomic E-state index is 13.2. The molecule has 2 aromatic carbocycles. The number of methoxy groups -OCH3 is 1. The van der Waals surface area contributed by atoms with Crippen LogP contribution in [0.25, 0.3) is 0 Å². The molecule has 5 rings (SSSR count). The molecule has 3 heterocycles. The SMILES string of the molecule is COc1ccc2cc1OCCCCN(C(=O)Cn1cnnn1)CC[C@@H]1c3ccccc3N(C(C)=O)[C@@H]1C2. The van der Waals surface area contributed by atoms with E-state index in [0.717, 1.165) is 36.1 Å². The number of rotatable bonds is 3. The minimum absolute atomic E-state index is 0.0117. The van der Waals surface area contributed by atoms with Gasteiger partial charge in [0.2, 0.25) is 11.8 Å². The zero-order valence-electron chi connectivity index (χ0n) is 21.2. The average molecular weight is 505 g/mol. The van der Waals surface area contributed by atoms with Gasteiger partial charge in [-0.25, -0.2) is 4.68 Å². The lowest BCUT2D eigenvalue weighted by molar-refractivity contribution is -0.132. The number of tetrazole rings is 1. The van der Waals surface area contributed by atoms with Crippen LogP contribution in [0, 0.1) is 0 Å². The van der Waals surface area contributed by atoms with Crippen LogP contribution in [-0.2, 0) is 22.6 Å². The number of nitrogens with zero attached hydrogens (tertiary/aromatic N) is 6. The molecule has 0 saturated carbocycles. The molecule has 2 aliphatic heterocycles. The molecule has 3 aromatic rings. The first-order chi connectivity index (χ1) is 18.0. The van der Waals surface area contributed by atoms with E-state index in [-0.39, 0.29) is 30.3 Å². The first-order valence-corrected chi connectivity index (χ1v) is 12.7. The van der Waals surface area contributed by atoms with E-state index in [9.17, 15) is 9.59 Å². The molecular formula is C27H32N6O4. The Hall–Kier alpha value is -3.95. The average Bonchev–Trinajstić information content (AvgIpc) is 3.51. The van der Waals surface area contributed by atoms with Crippen LogP contribution < -0.4 is 14.4 Å². The number of carbonyl (C=O) groups is 2. The standard InChI is InChI=1S/C27H32N6O4/c1-19(34)33-23-8-4-3-7-21(23)22-11-13-31(27(35)17-32-18-28-29-30-32)12-5-6-14-37-26-16-20(15-24(22)33)9-10-25(26)36-2/h3-4,7-10,16,18,22,24H,5-6,11-15,17H2,1-2H3/t22-,24-/m1/s1. The second-order valence-corrected chi connectivity index (χ2v) is 9.54. The van der Waals surface area contributed by atoms with Crippen molar-refractivity contribution in [2.75, 3.05) is 31.7 Å². The molecular weight excluding hydrogens is 472 g/mol. The zero-order chi connectivity index (χ0) is 25.8. The van der Waals surface area contributed by atoms with Gasteiger partial charge >= 0.3 is 0 Å². The van der Waals surface area contributed by atoms with Gasteiger partial charge in [0.05, 0.1) is 13.7 Å². The van der Waals surface area contributed by atoms with E-state index < -0.39 is 0 Å². The maximum atomic E-state index is 13.2. The number of anilines is 1. The molecule has 2 aliphatic rings. The van der Waals surface area contributed by atoms with E-state index in [1.54, 1.807) is 14.0 Å². The molecule has 37 heavy (non-hydrogen) atoms. The summed E-state index contributed by atoms with van der Waals surface area (Å²) in [5.41, 5.74) is 3.17. The molecule has 10 nitrogen and oxygen atoms in total. The van der Waals surface area contributed by atoms with Gasteiger partial charge in [-0.15, -0.1) is 5.10 Å². The molecule has 0 fully saturated rings. The fourth-order valence-corrected chi connectivity index (χ4v) is 5.51. The molecule has 0 aliphatic carbocycles. The van der Waals surface area contributed by atoms with Crippen LogP contribution in [0.1, 0.15) is 43.2 Å². The zero-order valence-corrected chi connectivity index (χ0v) is 21.2. The first kappa shape index (κ1) is 24.7. The van der Waals surface area contributed by atoms with Crippen molar-refractivity contribution in [2.45, 2.75) is 51.1 Å². The largest absolute Gasteiger partial charge is 0.493 e. The molecule has 2 amide bonds. The third kappa shape index (κ3) is 5.28. The highest BCUT2D eigenvalue weighted by Gasteiger charge is 2.40. The second-order valence-electron chi connectivity index (χ2n) is 9.54. The molecule has 0 unspecified atom stereocenters. The van der Waals surface area contributed by atoms with Crippen LogP contribution >= 0.6 is 0 Å². The number of carbonyl (C=O) groups excluding carboxylic acids is 2. The highest BCUT2D eigenvalue weighted by atomic mass is 16.5. The lowest BCUT2D eigenvalue weighted by Crippen LogP contribution is -2.41. The summed E-state index contributed by atoms with van der Waals surface area (Å²) in [6.07, 6.45) is 4.46. The van der Waals surface area contributed by atoms with E-state index >= 15 is 0 Å². The number of amides is 2. The Morgan fingerprint density at radius 2 is 2.00 bits per heavy atom. The minimum atomic E-state index is -0.0736. The van der Waals surface area contributed by atoms with Gasteiger partial charge in [0.15, 0.2) is 11.5 Å². The molecule has 0 spiro atoms. The Bertz CT molecular complexity index is 1250. The van der Waals surface area contributed by atoms with Gasteiger partial charge < -0.3 is 19.3 Å². The van der Waals surface area contributed by atoms with Crippen LogP contribution in [0.15, 0.2) is 48.8 Å². The summed E-state index contributed by atoms with van der Waals surface area (Å²) in [6, 6.07) is 14.0. The van der Waals surface area contributed by atoms with Gasteiger partial charge in [0, 0.05) is 37.7 Å². The van der Waals surface area contributed by atoms with Crippen LogP contribution in [0.4, 0.5) is 5.69 Å². The number of benzene rings is 2. The third-order valence-electron chi connectivity index (χ3n) is 7.24. The Morgan fingerprint density at radius 1 is 1.14 bits per heavy atom. The molecule has 194 valence electrons. The van der Waals surface area contributed by atoms with Crippen LogP contribution in [0.5, 0.6) is 11.5 Å². The number of aromatic nitrogens is 4. The topological polar surface area (TPSA) is 103 Å². The summed E-state index contributed by atoms with van der Waals surface area (Å²) in [5, 5.41) is 11.1. The number of para-hydroxylation sites is 1. The molecule has 2 atom stereocenters. The summed E-state index contributed by atoms with van der Waals surface area (Å²) in [4.78, 5) is 30.0. The van der Waals surface area contributed by atoms with Gasteiger partial charge in [0.1, 0.15) is 12.9 Å². The van der Waals surface area contributed by atoms with Crippen molar-refractivity contribution in [3.63, 3.8) is 0 Å². The van der Waals surface area contributed by atoms with Gasteiger partial charge in [-0.2, -0.15) is 0 Å². The fourth-order valence-electron chi connectivity index (χ4n) is 5.51. The first-order valence-electron chi connectivity index (χ1n) is 12.7. The van der Waals surface area contributed by atoms with Crippen molar-refractivity contribution in [2.24, 2.45) is 0 Å². The van der Waals surface area contributed by atoms with Gasteiger partial charge in [-0.1, -0.05) is 24.3 Å². The Balaban J connectivity index is 1.48. The number of hydrogen-bond donors (Lipinski definition) is 0. The monoisotopic (exact) mass is 504 g/mol. The molecule has 1 aromatic heterocycles. The molecule has 0 N–H and O–H groups in total. The van der Waals surface area contributed by atoms with Crippen molar-refractivity contribution in [1.82, 2.24) is 25.1 Å². The number of hydrogen-bond acceptors (Lipinski definition) is 7. The fraction of sp³-hybridized carbons (Fsp3) is 0.444. The quantitative estimate of drug-likeness (QED) is 0.540. The van der Waals surface area contributed by atoms with Crippen molar-refractivity contribution in [1.29, 1.82) is 0 Å². The Morgan fingerprint density at radius 3 is 2.78 bits per heavy atom. The van der Waals surface area contributed by atoms with Gasteiger partial charge in [-0.3, -0.25) is 9.59 Å². The van der Waals surface area contributed by atoms with Gasteiger partial charge in [0.25, 0.3) is 0 Å². The summed E-state index contributed by atoms with van der Waals surface area (Å²) >= 11 is 0. The van der Waals surface area contributed by atoms with Crippen molar-refractivity contribution < 1.29 is 19.1 Å². The lowest BCUT2D eigenvalue weighted by Gasteiger charge is -2.30.